The van der Waals surface area contributed by atoms with Crippen molar-refractivity contribution in [2.24, 2.45) is 0 Å². The molecule has 19 heavy (non-hydrogen) atoms. The molecule has 0 aromatic heterocycles. The van der Waals surface area contributed by atoms with Crippen molar-refractivity contribution in [3.63, 3.8) is 0 Å². The molecule has 2 rings (SSSR count). The summed E-state index contributed by atoms with van der Waals surface area (Å²) in [5, 5.41) is 3.14. The van der Waals surface area contributed by atoms with Gasteiger partial charge in [-0.1, -0.05) is 19.1 Å². The molecule has 0 radical (unpaired) electrons. The number of sulfonamides is 1. The molecular weight excluding hydrogens is 264 g/mol. The molecule has 0 aliphatic carbocycles. The van der Waals surface area contributed by atoms with Gasteiger partial charge < -0.3 is 10.1 Å². The first kappa shape index (κ1) is 14.3. The smallest absolute Gasteiger partial charge is 0.242 e. The highest BCUT2D eigenvalue weighted by molar-refractivity contribution is 7.89. The first-order valence-corrected chi connectivity index (χ1v) is 8.05. The number of anilines is 1. The van der Waals surface area contributed by atoms with Gasteiger partial charge in [-0.15, -0.1) is 0 Å². The molecule has 1 atom stereocenters. The number of ether oxygens (including phenoxy) is 1. The summed E-state index contributed by atoms with van der Waals surface area (Å²) in [7, 11) is -3.50. The van der Waals surface area contributed by atoms with E-state index in [0.29, 0.717) is 23.8 Å². The monoisotopic (exact) mass is 284 g/mol. The van der Waals surface area contributed by atoms with E-state index in [9.17, 15) is 8.42 Å². The lowest BCUT2D eigenvalue weighted by Crippen LogP contribution is -2.35. The Kier molecular flexibility index (Phi) is 4.79. The van der Waals surface area contributed by atoms with Crippen molar-refractivity contribution < 1.29 is 13.2 Å². The summed E-state index contributed by atoms with van der Waals surface area (Å²) in [5.74, 6) is 0. The van der Waals surface area contributed by atoms with Crippen molar-refractivity contribution in [1.29, 1.82) is 0 Å². The van der Waals surface area contributed by atoms with Crippen LogP contribution < -0.4 is 10.0 Å². The maximum Gasteiger partial charge on any atom is 0.242 e. The maximum absolute atomic E-state index is 12.4. The fourth-order valence-corrected chi connectivity index (χ4v) is 3.46. The summed E-state index contributed by atoms with van der Waals surface area (Å²) in [6, 6.07) is 6.85. The Hall–Kier alpha value is -1.11. The molecular formula is C13H20N2O3S. The normalized spacial score (nSPS) is 19.5. The molecule has 2 N–H and O–H groups in total. The molecule has 1 unspecified atom stereocenters. The zero-order chi connectivity index (χ0) is 13.7. The number of para-hydroxylation sites is 1. The van der Waals surface area contributed by atoms with Crippen LogP contribution in [-0.2, 0) is 14.8 Å². The Bertz CT molecular complexity index is 510. The lowest BCUT2D eigenvalue weighted by molar-refractivity contribution is 0.192. The Morgan fingerprint density at radius 3 is 2.84 bits per heavy atom. The van der Waals surface area contributed by atoms with Gasteiger partial charge in [-0.3, -0.25) is 0 Å². The first-order chi connectivity index (χ1) is 9.13. The summed E-state index contributed by atoms with van der Waals surface area (Å²) < 4.78 is 32.6. The van der Waals surface area contributed by atoms with Crippen LogP contribution in [0.15, 0.2) is 29.2 Å². The van der Waals surface area contributed by atoms with Crippen molar-refractivity contribution in [2.75, 3.05) is 25.1 Å². The van der Waals surface area contributed by atoms with Crippen LogP contribution in [0.25, 0.3) is 0 Å². The van der Waals surface area contributed by atoms with Crippen LogP contribution in [0, 0.1) is 0 Å². The van der Waals surface area contributed by atoms with E-state index in [4.69, 9.17) is 4.74 Å². The average Bonchev–Trinajstić information content (AvgIpc) is 2.88. The Balaban J connectivity index is 2.18. The number of rotatable bonds is 6. The maximum atomic E-state index is 12.4. The fraction of sp³-hybridized carbons (Fsp3) is 0.538. The zero-order valence-corrected chi connectivity index (χ0v) is 11.9. The number of nitrogens with one attached hydrogen (secondary N) is 2. The molecule has 0 spiro atoms. The zero-order valence-electron chi connectivity index (χ0n) is 11.1. The third-order valence-electron chi connectivity index (χ3n) is 2.99. The van der Waals surface area contributed by atoms with Gasteiger partial charge in [0.2, 0.25) is 10.0 Å². The van der Waals surface area contributed by atoms with Crippen molar-refractivity contribution in [2.45, 2.75) is 30.7 Å². The lowest BCUT2D eigenvalue weighted by atomic mass is 10.3. The molecule has 1 fully saturated rings. The van der Waals surface area contributed by atoms with E-state index < -0.39 is 10.0 Å². The highest BCUT2D eigenvalue weighted by Crippen LogP contribution is 2.21. The first-order valence-electron chi connectivity index (χ1n) is 6.56. The molecule has 0 bridgehead atoms. The van der Waals surface area contributed by atoms with Gasteiger partial charge >= 0.3 is 0 Å². The van der Waals surface area contributed by atoms with E-state index in [1.165, 1.54) is 0 Å². The van der Waals surface area contributed by atoms with E-state index in [1.807, 2.05) is 13.0 Å². The van der Waals surface area contributed by atoms with Crippen molar-refractivity contribution in [3.05, 3.63) is 24.3 Å². The molecule has 1 saturated heterocycles. The third-order valence-corrected chi connectivity index (χ3v) is 4.57. The standard InChI is InChI=1S/C13H20N2O3S/c1-2-8-14-12-5-3-4-6-13(12)19(16,17)15-11-7-9-18-10-11/h3-6,11,14-15H,2,7-10H2,1H3. The third kappa shape index (κ3) is 3.68. The summed E-state index contributed by atoms with van der Waals surface area (Å²) in [6.45, 7) is 3.85. The SMILES string of the molecule is CCCNc1ccccc1S(=O)(=O)NC1CCOC1. The fourth-order valence-electron chi connectivity index (χ4n) is 2.02. The predicted octanol–water partition coefficient (Wildman–Crippen LogP) is 1.58. The van der Waals surface area contributed by atoms with Gasteiger partial charge in [0.25, 0.3) is 0 Å². The highest BCUT2D eigenvalue weighted by Gasteiger charge is 2.25. The van der Waals surface area contributed by atoms with Crippen LogP contribution in [0.4, 0.5) is 5.69 Å². The summed E-state index contributed by atoms with van der Waals surface area (Å²) in [5.41, 5.74) is 0.649. The summed E-state index contributed by atoms with van der Waals surface area (Å²) in [4.78, 5) is 0.301. The molecule has 1 aromatic carbocycles. The van der Waals surface area contributed by atoms with Crippen molar-refractivity contribution in [1.82, 2.24) is 4.72 Å². The van der Waals surface area contributed by atoms with Gasteiger partial charge in [0.1, 0.15) is 4.90 Å². The summed E-state index contributed by atoms with van der Waals surface area (Å²) >= 11 is 0. The Labute approximate surface area is 114 Å². The topological polar surface area (TPSA) is 67.4 Å². The molecule has 0 amide bonds. The van der Waals surface area contributed by atoms with Gasteiger partial charge in [0.15, 0.2) is 0 Å². The molecule has 1 aromatic rings. The minimum Gasteiger partial charge on any atom is -0.384 e. The van der Waals surface area contributed by atoms with Gasteiger partial charge in [-0.05, 0) is 25.0 Å². The van der Waals surface area contributed by atoms with E-state index in [2.05, 4.69) is 10.0 Å². The van der Waals surface area contributed by atoms with Crippen LogP contribution in [0.2, 0.25) is 0 Å². The number of hydrogen-bond acceptors (Lipinski definition) is 4. The molecule has 1 heterocycles. The van der Waals surface area contributed by atoms with Crippen molar-refractivity contribution in [3.8, 4) is 0 Å². The lowest BCUT2D eigenvalue weighted by Gasteiger charge is -2.15. The number of benzene rings is 1. The van der Waals surface area contributed by atoms with E-state index >= 15 is 0 Å². The minimum atomic E-state index is -3.50. The summed E-state index contributed by atoms with van der Waals surface area (Å²) in [6.07, 6.45) is 1.67. The Morgan fingerprint density at radius 1 is 1.37 bits per heavy atom. The van der Waals surface area contributed by atoms with Crippen LogP contribution in [0.1, 0.15) is 19.8 Å². The quantitative estimate of drug-likeness (QED) is 0.832. The Morgan fingerprint density at radius 2 is 2.16 bits per heavy atom. The van der Waals surface area contributed by atoms with Crippen molar-refractivity contribution >= 4 is 15.7 Å². The van der Waals surface area contributed by atoms with Crippen LogP contribution in [0.3, 0.4) is 0 Å². The molecule has 1 aliphatic heterocycles. The largest absolute Gasteiger partial charge is 0.384 e. The van der Waals surface area contributed by atoms with Crippen LogP contribution in [-0.4, -0.2) is 34.2 Å². The second-order valence-electron chi connectivity index (χ2n) is 4.60. The minimum absolute atomic E-state index is 0.121. The van der Waals surface area contributed by atoms with Gasteiger partial charge in [-0.2, -0.15) is 0 Å². The van der Waals surface area contributed by atoms with E-state index in [0.717, 1.165) is 19.4 Å². The highest BCUT2D eigenvalue weighted by atomic mass is 32.2. The molecule has 0 saturated carbocycles. The molecule has 1 aliphatic rings. The van der Waals surface area contributed by atoms with E-state index in [1.54, 1.807) is 18.2 Å². The van der Waals surface area contributed by atoms with Crippen LogP contribution >= 0.6 is 0 Å². The predicted molar refractivity (Wildman–Crippen MR) is 74.8 cm³/mol. The van der Waals surface area contributed by atoms with E-state index in [-0.39, 0.29) is 6.04 Å². The number of hydrogen-bond donors (Lipinski definition) is 2. The molecule has 106 valence electrons. The molecule has 5 nitrogen and oxygen atoms in total. The second-order valence-corrected chi connectivity index (χ2v) is 6.29. The van der Waals surface area contributed by atoms with Gasteiger partial charge in [0, 0.05) is 19.2 Å². The van der Waals surface area contributed by atoms with Gasteiger partial charge in [-0.25, -0.2) is 13.1 Å². The van der Waals surface area contributed by atoms with Gasteiger partial charge in [0.05, 0.1) is 12.3 Å². The van der Waals surface area contributed by atoms with Crippen LogP contribution in [0.5, 0.6) is 0 Å². The second kappa shape index (κ2) is 6.36. The average molecular weight is 284 g/mol. The molecule has 6 heteroatoms.